The molecule has 2 aliphatic rings. The predicted octanol–water partition coefficient (Wildman–Crippen LogP) is 4.21. The fraction of sp³-hybridized carbons (Fsp3) is 0.289. The maximum Gasteiger partial charge on any atom is 0.336 e. The van der Waals surface area contributed by atoms with Crippen LogP contribution in [-0.2, 0) is 28.8 Å². The van der Waals surface area contributed by atoms with Gasteiger partial charge in [-0.2, -0.15) is 0 Å². The van der Waals surface area contributed by atoms with Crippen LogP contribution in [0.4, 0.5) is 0 Å². The van der Waals surface area contributed by atoms with Crippen LogP contribution >= 0.6 is 0 Å². The van der Waals surface area contributed by atoms with E-state index in [1.54, 1.807) is 24.3 Å². The number of methoxy groups -OCH3 is 1. The molecule has 236 valence electrons. The van der Waals surface area contributed by atoms with Gasteiger partial charge in [0.2, 0.25) is 0 Å². The van der Waals surface area contributed by atoms with Gasteiger partial charge in [-0.25, -0.2) is 4.79 Å². The molecule has 4 aromatic rings. The summed E-state index contributed by atoms with van der Waals surface area (Å²) in [6, 6.07) is 32.5. The molecule has 2 amide bonds. The second-order valence-electron chi connectivity index (χ2n) is 11.9. The van der Waals surface area contributed by atoms with Crippen molar-refractivity contribution in [3.05, 3.63) is 142 Å². The fourth-order valence-electron chi connectivity index (χ4n) is 6.69. The molecule has 2 atom stereocenters. The van der Waals surface area contributed by atoms with Crippen molar-refractivity contribution in [2.75, 3.05) is 33.3 Å². The summed E-state index contributed by atoms with van der Waals surface area (Å²) in [5.41, 5.74) is 6.97. The molecule has 0 saturated carbocycles. The summed E-state index contributed by atoms with van der Waals surface area (Å²) in [6.07, 6.45) is 0.700. The Morgan fingerprint density at radius 1 is 0.783 bits per heavy atom. The van der Waals surface area contributed by atoms with Crippen LogP contribution in [0.1, 0.15) is 54.6 Å². The molecule has 8 heteroatoms. The van der Waals surface area contributed by atoms with Gasteiger partial charge in [-0.3, -0.25) is 14.5 Å². The van der Waals surface area contributed by atoms with Crippen LogP contribution in [0.3, 0.4) is 0 Å². The Hall–Kier alpha value is -4.79. The van der Waals surface area contributed by atoms with Crippen molar-refractivity contribution in [3.8, 4) is 0 Å². The third kappa shape index (κ3) is 6.73. The highest BCUT2D eigenvalue weighted by Crippen LogP contribution is 2.37. The van der Waals surface area contributed by atoms with Crippen molar-refractivity contribution in [2.24, 2.45) is 0 Å². The second kappa shape index (κ2) is 14.1. The highest BCUT2D eigenvalue weighted by molar-refractivity contribution is 6.00. The van der Waals surface area contributed by atoms with Gasteiger partial charge in [0.15, 0.2) is 6.10 Å². The molecular formula is C38H39N3O5. The second-order valence-corrected chi connectivity index (χ2v) is 11.9. The monoisotopic (exact) mass is 617 g/mol. The molecule has 0 radical (unpaired) electrons. The Kier molecular flexibility index (Phi) is 9.57. The van der Waals surface area contributed by atoms with E-state index in [9.17, 15) is 19.5 Å². The quantitative estimate of drug-likeness (QED) is 0.288. The normalized spacial score (nSPS) is 16.3. The van der Waals surface area contributed by atoms with Crippen molar-refractivity contribution < 1.29 is 24.2 Å². The van der Waals surface area contributed by atoms with Gasteiger partial charge in [0.25, 0.3) is 11.8 Å². The number of ether oxygens (including phenoxy) is 1. The van der Waals surface area contributed by atoms with Crippen LogP contribution in [0.5, 0.6) is 0 Å². The van der Waals surface area contributed by atoms with E-state index in [4.69, 9.17) is 4.74 Å². The van der Waals surface area contributed by atoms with Crippen molar-refractivity contribution in [1.82, 2.24) is 15.1 Å². The third-order valence-electron chi connectivity index (χ3n) is 9.14. The number of aliphatic hydroxyl groups excluding tert-OH is 1. The van der Waals surface area contributed by atoms with Crippen LogP contribution in [0.2, 0.25) is 0 Å². The minimum Gasteiger partial charge on any atom is -0.467 e. The molecule has 4 aromatic carbocycles. The molecule has 1 heterocycles. The minimum atomic E-state index is -1.55. The van der Waals surface area contributed by atoms with Gasteiger partial charge in [-0.05, 0) is 65.3 Å². The first-order valence-electron chi connectivity index (χ1n) is 15.8. The summed E-state index contributed by atoms with van der Waals surface area (Å²) in [5.74, 6) is -1.46. The van der Waals surface area contributed by atoms with Gasteiger partial charge < -0.3 is 20.1 Å². The Morgan fingerprint density at radius 3 is 2.00 bits per heavy atom. The van der Waals surface area contributed by atoms with Crippen LogP contribution in [0.25, 0.3) is 0 Å². The SMILES string of the molecule is COC(=O)[C@H](O)[C@H](Cc1ccccc1)NC(=O)c1cccc(C(=O)N2CCN(C3c4ccccc4CCc4ccccc43)CC2)c1. The number of piperazine rings is 1. The largest absolute Gasteiger partial charge is 0.467 e. The molecule has 1 saturated heterocycles. The first-order valence-corrected chi connectivity index (χ1v) is 15.8. The number of fused-ring (bicyclic) bond motifs is 2. The average Bonchev–Trinajstić information content (AvgIpc) is 3.28. The van der Waals surface area contributed by atoms with Gasteiger partial charge in [-0.15, -0.1) is 0 Å². The van der Waals surface area contributed by atoms with Crippen molar-refractivity contribution in [1.29, 1.82) is 0 Å². The first-order chi connectivity index (χ1) is 22.4. The molecule has 0 bridgehead atoms. The summed E-state index contributed by atoms with van der Waals surface area (Å²) >= 11 is 0. The average molecular weight is 618 g/mol. The topological polar surface area (TPSA) is 99.2 Å². The molecular weight excluding hydrogens is 578 g/mol. The molecule has 6 rings (SSSR count). The molecule has 1 aliphatic carbocycles. The van der Waals surface area contributed by atoms with Gasteiger partial charge >= 0.3 is 5.97 Å². The predicted molar refractivity (Wildman–Crippen MR) is 175 cm³/mol. The maximum atomic E-state index is 13.7. The third-order valence-corrected chi connectivity index (χ3v) is 9.14. The highest BCUT2D eigenvalue weighted by atomic mass is 16.5. The number of hydrogen-bond donors (Lipinski definition) is 2. The summed E-state index contributed by atoms with van der Waals surface area (Å²) in [7, 11) is 1.19. The van der Waals surface area contributed by atoms with Crippen molar-refractivity contribution in [3.63, 3.8) is 0 Å². The standard InChI is InChI=1S/C38H39N3O5/c1-46-38(45)35(42)33(24-26-10-3-2-4-11-26)39-36(43)29-14-9-15-30(25-29)37(44)41-22-20-40(21-23-41)34-31-16-7-5-12-27(31)18-19-28-13-6-8-17-32(28)34/h2-17,25,33-35,42H,18-24H2,1H3,(H,39,43)/t33-,35+/m0/s1. The zero-order chi connectivity index (χ0) is 32.0. The molecule has 1 fully saturated rings. The number of benzene rings is 4. The lowest BCUT2D eigenvalue weighted by molar-refractivity contribution is -0.151. The van der Waals surface area contributed by atoms with E-state index in [0.717, 1.165) is 31.5 Å². The Bertz CT molecular complexity index is 1650. The van der Waals surface area contributed by atoms with E-state index in [2.05, 4.69) is 58.7 Å². The van der Waals surface area contributed by atoms with E-state index >= 15 is 0 Å². The molecule has 0 aromatic heterocycles. The van der Waals surface area contributed by atoms with Gasteiger partial charge in [0.1, 0.15) is 0 Å². The van der Waals surface area contributed by atoms with Crippen LogP contribution < -0.4 is 5.32 Å². The summed E-state index contributed by atoms with van der Waals surface area (Å²) in [6.45, 7) is 2.60. The molecule has 0 unspecified atom stereocenters. The van der Waals surface area contributed by atoms with Crippen molar-refractivity contribution >= 4 is 17.8 Å². The van der Waals surface area contributed by atoms with E-state index in [-0.39, 0.29) is 23.9 Å². The Labute approximate surface area is 269 Å². The number of aliphatic hydroxyl groups is 1. The van der Waals surface area contributed by atoms with E-state index < -0.39 is 24.0 Å². The van der Waals surface area contributed by atoms with Gasteiger partial charge in [-0.1, -0.05) is 84.9 Å². The molecule has 0 spiro atoms. The number of hydrogen-bond acceptors (Lipinski definition) is 6. The lowest BCUT2D eigenvalue weighted by Crippen LogP contribution is -2.50. The summed E-state index contributed by atoms with van der Waals surface area (Å²) in [5, 5.41) is 13.4. The van der Waals surface area contributed by atoms with E-state index in [1.807, 2.05) is 35.2 Å². The summed E-state index contributed by atoms with van der Waals surface area (Å²) < 4.78 is 4.73. The number of amides is 2. The smallest absolute Gasteiger partial charge is 0.336 e. The number of nitrogens with zero attached hydrogens (tertiary/aromatic N) is 2. The number of aryl methyl sites for hydroxylation is 2. The van der Waals surface area contributed by atoms with Crippen LogP contribution in [0.15, 0.2) is 103 Å². The van der Waals surface area contributed by atoms with Crippen molar-refractivity contribution in [2.45, 2.75) is 37.5 Å². The molecule has 2 N–H and O–H groups in total. The maximum absolute atomic E-state index is 13.7. The number of esters is 1. The fourth-order valence-corrected chi connectivity index (χ4v) is 6.69. The lowest BCUT2D eigenvalue weighted by atomic mass is 9.92. The van der Waals surface area contributed by atoms with Crippen LogP contribution in [-0.4, -0.2) is 78.1 Å². The lowest BCUT2D eigenvalue weighted by Gasteiger charge is -2.40. The zero-order valence-electron chi connectivity index (χ0n) is 26.0. The summed E-state index contributed by atoms with van der Waals surface area (Å²) in [4.78, 5) is 43.5. The molecule has 8 nitrogen and oxygen atoms in total. The highest BCUT2D eigenvalue weighted by Gasteiger charge is 2.33. The molecule has 46 heavy (non-hydrogen) atoms. The number of nitrogens with one attached hydrogen (secondary N) is 1. The van der Waals surface area contributed by atoms with Gasteiger partial charge in [0.05, 0.1) is 19.2 Å². The Morgan fingerprint density at radius 2 is 1.37 bits per heavy atom. The van der Waals surface area contributed by atoms with Crippen LogP contribution in [0, 0.1) is 0 Å². The minimum absolute atomic E-state index is 0.133. The molecule has 1 aliphatic heterocycles. The number of rotatable bonds is 8. The zero-order valence-corrected chi connectivity index (χ0v) is 26.0. The van der Waals surface area contributed by atoms with E-state index in [0.29, 0.717) is 18.7 Å². The van der Waals surface area contributed by atoms with Gasteiger partial charge in [0, 0.05) is 37.3 Å². The first kappa shape index (κ1) is 31.2. The number of carbonyl (C=O) groups is 3. The Balaban J connectivity index is 1.15. The number of carbonyl (C=O) groups excluding carboxylic acids is 3. The van der Waals surface area contributed by atoms with E-state index in [1.165, 1.54) is 29.4 Å².